The van der Waals surface area contributed by atoms with Crippen LogP contribution in [0.1, 0.15) is 32.1 Å². The van der Waals surface area contributed by atoms with Crippen molar-refractivity contribution in [2.45, 2.75) is 43.0 Å². The van der Waals surface area contributed by atoms with Gasteiger partial charge in [-0.2, -0.15) is 9.78 Å². The van der Waals surface area contributed by atoms with E-state index in [0.29, 0.717) is 16.4 Å². The Kier molecular flexibility index (Phi) is 6.80. The number of sulfonamides is 1. The molecule has 1 fully saturated rings. The van der Waals surface area contributed by atoms with E-state index in [0.717, 1.165) is 37.7 Å². The van der Waals surface area contributed by atoms with Gasteiger partial charge in [-0.15, -0.1) is 0 Å². The number of carbonyl (C=O) groups is 1. The maximum absolute atomic E-state index is 12.6. The molecule has 0 aliphatic heterocycles. The van der Waals surface area contributed by atoms with Crippen LogP contribution in [0.25, 0.3) is 16.9 Å². The summed E-state index contributed by atoms with van der Waals surface area (Å²) in [6.45, 7) is 0. The van der Waals surface area contributed by atoms with E-state index >= 15 is 0 Å². The fourth-order valence-corrected chi connectivity index (χ4v) is 4.82. The molecule has 1 aliphatic carbocycles. The number of benzene rings is 2. The van der Waals surface area contributed by atoms with Crippen LogP contribution in [0.5, 0.6) is 0 Å². The molecule has 0 bridgehead atoms. The Morgan fingerprint density at radius 3 is 2.27 bits per heavy atom. The van der Waals surface area contributed by atoms with Crippen molar-refractivity contribution in [2.75, 3.05) is 0 Å². The highest BCUT2D eigenvalue weighted by Crippen LogP contribution is 2.20. The smallest absolute Gasteiger partial charge is 0.328 e. The van der Waals surface area contributed by atoms with Crippen LogP contribution in [0, 0.1) is 0 Å². The van der Waals surface area contributed by atoms with Gasteiger partial charge in [0.2, 0.25) is 0 Å². The van der Waals surface area contributed by atoms with Crippen LogP contribution < -0.4 is 15.6 Å². The third-order valence-corrected chi connectivity index (χ3v) is 7.10. The van der Waals surface area contributed by atoms with Crippen molar-refractivity contribution in [1.29, 1.82) is 0 Å². The number of urea groups is 1. The summed E-state index contributed by atoms with van der Waals surface area (Å²) in [5.41, 5.74) is 1.36. The topological polar surface area (TPSA) is 110 Å². The summed E-state index contributed by atoms with van der Waals surface area (Å²) in [5.74, 6) is 0. The zero-order valence-electron chi connectivity index (χ0n) is 17.7. The Morgan fingerprint density at radius 2 is 1.61 bits per heavy atom. The quantitative estimate of drug-likeness (QED) is 0.568. The van der Waals surface area contributed by atoms with E-state index in [1.165, 1.54) is 35.0 Å². The predicted molar refractivity (Wildman–Crippen MR) is 126 cm³/mol. The van der Waals surface area contributed by atoms with Crippen LogP contribution in [0.3, 0.4) is 0 Å². The largest absolute Gasteiger partial charge is 0.335 e. The fraction of sp³-hybridized carbons (Fsp3) is 0.261. The SMILES string of the molecule is O=C(NC1CCCCC1)NS(=O)(=O)c1ccc(-n2nc(-c3ccc(Cl)cc3)ccc2=O)cc1. The molecule has 0 atom stereocenters. The third-order valence-electron chi connectivity index (χ3n) is 5.50. The van der Waals surface area contributed by atoms with Gasteiger partial charge < -0.3 is 5.32 Å². The van der Waals surface area contributed by atoms with E-state index < -0.39 is 16.1 Å². The maximum Gasteiger partial charge on any atom is 0.328 e. The first-order valence-electron chi connectivity index (χ1n) is 10.6. The van der Waals surface area contributed by atoms with Crippen LogP contribution in [0.4, 0.5) is 4.79 Å². The molecule has 2 aromatic carbocycles. The number of aromatic nitrogens is 2. The van der Waals surface area contributed by atoms with E-state index in [1.807, 2.05) is 0 Å². The highest BCUT2D eigenvalue weighted by molar-refractivity contribution is 7.90. The van der Waals surface area contributed by atoms with Crippen molar-refractivity contribution >= 4 is 27.7 Å². The van der Waals surface area contributed by atoms with Crippen molar-refractivity contribution in [3.8, 4) is 16.9 Å². The summed E-state index contributed by atoms with van der Waals surface area (Å²) < 4.78 is 28.4. The van der Waals surface area contributed by atoms with Crippen LogP contribution in [0.15, 0.2) is 70.4 Å². The molecule has 4 rings (SSSR count). The summed E-state index contributed by atoms with van der Waals surface area (Å²) in [7, 11) is -4.06. The van der Waals surface area contributed by atoms with Gasteiger partial charge in [-0.3, -0.25) is 4.79 Å². The van der Waals surface area contributed by atoms with Crippen molar-refractivity contribution < 1.29 is 13.2 Å². The van der Waals surface area contributed by atoms with Crippen molar-refractivity contribution in [3.63, 3.8) is 0 Å². The monoisotopic (exact) mass is 486 g/mol. The average molecular weight is 487 g/mol. The molecule has 0 radical (unpaired) electrons. The number of halogens is 1. The Labute approximate surface area is 196 Å². The van der Waals surface area contributed by atoms with Gasteiger partial charge in [0.05, 0.1) is 16.3 Å². The minimum Gasteiger partial charge on any atom is -0.335 e. The summed E-state index contributed by atoms with van der Waals surface area (Å²) >= 11 is 5.93. The molecule has 8 nitrogen and oxygen atoms in total. The van der Waals surface area contributed by atoms with Crippen LogP contribution in [0.2, 0.25) is 5.02 Å². The van der Waals surface area contributed by atoms with Gasteiger partial charge in [-0.05, 0) is 55.3 Å². The maximum atomic E-state index is 12.6. The van der Waals surface area contributed by atoms with E-state index in [1.54, 1.807) is 30.3 Å². The second-order valence-corrected chi connectivity index (χ2v) is 10.0. The number of rotatable bonds is 5. The Bertz CT molecular complexity index is 1300. The third kappa shape index (κ3) is 5.61. The zero-order chi connectivity index (χ0) is 23.4. The number of amides is 2. The van der Waals surface area contributed by atoms with Crippen molar-refractivity contribution in [3.05, 3.63) is 76.0 Å². The Morgan fingerprint density at radius 1 is 0.939 bits per heavy atom. The first kappa shape index (κ1) is 23.0. The second kappa shape index (κ2) is 9.76. The van der Waals surface area contributed by atoms with Gasteiger partial charge in [0.25, 0.3) is 15.6 Å². The lowest BCUT2D eigenvalue weighted by atomic mass is 9.96. The standard InChI is InChI=1S/C23H23ClN4O4S/c24-17-8-6-16(7-9-17)21-14-15-22(29)28(26-21)19-10-12-20(13-11-19)33(31,32)27-23(30)25-18-4-2-1-3-5-18/h6-15,18H,1-5H2,(H2,25,27,30). The molecule has 3 aromatic rings. The first-order chi connectivity index (χ1) is 15.8. The summed E-state index contributed by atoms with van der Waals surface area (Å²) in [6, 6.07) is 14.9. The molecule has 0 unspecified atom stereocenters. The predicted octanol–water partition coefficient (Wildman–Crippen LogP) is 3.87. The summed E-state index contributed by atoms with van der Waals surface area (Å²) in [5, 5.41) is 7.69. The molecule has 2 amide bonds. The molecule has 0 saturated heterocycles. The first-order valence-corrected chi connectivity index (χ1v) is 12.5. The number of hydrogen-bond donors (Lipinski definition) is 2. The van der Waals surface area contributed by atoms with Gasteiger partial charge in [0.1, 0.15) is 0 Å². The zero-order valence-corrected chi connectivity index (χ0v) is 19.3. The van der Waals surface area contributed by atoms with Crippen molar-refractivity contribution in [1.82, 2.24) is 19.8 Å². The lowest BCUT2D eigenvalue weighted by Gasteiger charge is -2.22. The normalized spacial score (nSPS) is 14.6. The highest BCUT2D eigenvalue weighted by atomic mass is 35.5. The average Bonchev–Trinajstić information content (AvgIpc) is 2.80. The number of nitrogens with one attached hydrogen (secondary N) is 2. The van der Waals surface area contributed by atoms with Gasteiger partial charge in [0, 0.05) is 22.7 Å². The van der Waals surface area contributed by atoms with Crippen LogP contribution in [-0.4, -0.2) is 30.3 Å². The van der Waals surface area contributed by atoms with Gasteiger partial charge in [-0.1, -0.05) is 43.0 Å². The number of hydrogen-bond acceptors (Lipinski definition) is 5. The van der Waals surface area contributed by atoms with E-state index in [9.17, 15) is 18.0 Å². The fourth-order valence-electron chi connectivity index (χ4n) is 3.78. The molecule has 0 spiro atoms. The van der Waals surface area contributed by atoms with Gasteiger partial charge >= 0.3 is 6.03 Å². The Balaban J connectivity index is 1.51. The molecule has 2 N–H and O–H groups in total. The molecular formula is C23H23ClN4O4S. The molecule has 1 aliphatic rings. The summed E-state index contributed by atoms with van der Waals surface area (Å²) in [6.07, 6.45) is 4.86. The molecular weight excluding hydrogens is 464 g/mol. The van der Waals surface area contributed by atoms with Crippen molar-refractivity contribution in [2.24, 2.45) is 0 Å². The molecule has 1 saturated carbocycles. The number of carbonyl (C=O) groups excluding carboxylic acids is 1. The van der Waals surface area contributed by atoms with Gasteiger partial charge in [-0.25, -0.2) is 17.9 Å². The molecule has 1 aromatic heterocycles. The second-order valence-electron chi connectivity index (χ2n) is 7.88. The summed E-state index contributed by atoms with van der Waals surface area (Å²) in [4.78, 5) is 24.4. The minimum atomic E-state index is -4.06. The molecule has 1 heterocycles. The van der Waals surface area contributed by atoms with E-state index in [4.69, 9.17) is 11.6 Å². The number of nitrogens with zero attached hydrogens (tertiary/aromatic N) is 2. The lowest BCUT2D eigenvalue weighted by Crippen LogP contribution is -2.45. The van der Waals surface area contributed by atoms with E-state index in [-0.39, 0.29) is 16.5 Å². The van der Waals surface area contributed by atoms with Gasteiger partial charge in [0.15, 0.2) is 0 Å². The molecule has 10 heteroatoms. The van der Waals surface area contributed by atoms with Crippen LogP contribution >= 0.6 is 11.6 Å². The minimum absolute atomic E-state index is 0.0119. The highest BCUT2D eigenvalue weighted by Gasteiger charge is 2.21. The van der Waals surface area contributed by atoms with E-state index in [2.05, 4.69) is 15.1 Å². The Hall–Kier alpha value is -3.17. The molecule has 33 heavy (non-hydrogen) atoms. The lowest BCUT2D eigenvalue weighted by molar-refractivity contribution is 0.237. The van der Waals surface area contributed by atoms with Crippen LogP contribution in [-0.2, 0) is 10.0 Å². The molecule has 172 valence electrons.